The molecule has 3 aromatic heterocycles. The fraction of sp³-hybridized carbons (Fsp3) is 0.333. The van der Waals surface area contributed by atoms with Crippen molar-refractivity contribution in [3.05, 3.63) is 54.1 Å². The Kier molecular flexibility index (Phi) is 6.96. The number of para-hydroxylation sites is 1. The highest BCUT2D eigenvalue weighted by Crippen LogP contribution is 2.40. The molecule has 0 amide bonds. The van der Waals surface area contributed by atoms with Gasteiger partial charge in [-0.1, -0.05) is 23.4 Å². The fourth-order valence-corrected chi connectivity index (χ4v) is 5.43. The molecule has 0 spiro atoms. The Morgan fingerprint density at radius 3 is 2.73 bits per heavy atom. The molecular formula is C30H35N9O2. The smallest absolute Gasteiger partial charge is 0.261 e. The predicted octanol–water partition coefficient (Wildman–Crippen LogP) is 4.74. The molecule has 0 fully saturated rings. The van der Waals surface area contributed by atoms with E-state index >= 15 is 0 Å². The lowest BCUT2D eigenvalue weighted by Crippen LogP contribution is -2.29. The molecule has 1 aliphatic rings. The van der Waals surface area contributed by atoms with Crippen LogP contribution in [0, 0.1) is 6.92 Å². The van der Waals surface area contributed by atoms with Crippen LogP contribution in [0.2, 0.25) is 0 Å². The lowest BCUT2D eigenvalue weighted by molar-refractivity contribution is 0.413. The topological polar surface area (TPSA) is 123 Å². The lowest BCUT2D eigenvalue weighted by atomic mass is 10.0. The van der Waals surface area contributed by atoms with Gasteiger partial charge in [0.15, 0.2) is 5.82 Å². The Hall–Kier alpha value is -4.64. The summed E-state index contributed by atoms with van der Waals surface area (Å²) in [4.78, 5) is 18.4. The third kappa shape index (κ3) is 5.04. The first kappa shape index (κ1) is 26.6. The normalized spacial score (nSPS) is 12.7. The van der Waals surface area contributed by atoms with Gasteiger partial charge in [0.1, 0.15) is 5.75 Å². The molecule has 0 saturated heterocycles. The molecule has 0 aliphatic carbocycles. The molecule has 11 nitrogen and oxygen atoms in total. The summed E-state index contributed by atoms with van der Waals surface area (Å²) in [6.45, 7) is 4.48. The summed E-state index contributed by atoms with van der Waals surface area (Å²) in [6, 6.07) is 10.3. The van der Waals surface area contributed by atoms with E-state index in [4.69, 9.17) is 20.0 Å². The number of aromatic nitrogens is 5. The largest absolute Gasteiger partial charge is 0.494 e. The minimum absolute atomic E-state index is 0.378. The van der Waals surface area contributed by atoms with E-state index in [0.717, 1.165) is 49.1 Å². The predicted molar refractivity (Wildman–Crippen MR) is 162 cm³/mol. The van der Waals surface area contributed by atoms with Gasteiger partial charge in [-0.15, -0.1) is 0 Å². The second kappa shape index (κ2) is 10.7. The van der Waals surface area contributed by atoms with Crippen LogP contribution >= 0.6 is 0 Å². The quantitative estimate of drug-likeness (QED) is 0.248. The molecule has 3 N–H and O–H groups in total. The van der Waals surface area contributed by atoms with Crippen LogP contribution in [-0.4, -0.2) is 70.9 Å². The highest BCUT2D eigenvalue weighted by atomic mass is 16.5. The number of likely N-dealkylation sites (N-methyl/N-ethyl adjacent to an activating group) is 2. The van der Waals surface area contributed by atoms with Gasteiger partial charge in [-0.05, 0) is 45.5 Å². The number of hydrogen-bond acceptors (Lipinski definition) is 10. The van der Waals surface area contributed by atoms with E-state index in [1.54, 1.807) is 20.2 Å². The first-order chi connectivity index (χ1) is 19.8. The first-order valence-corrected chi connectivity index (χ1v) is 13.7. The van der Waals surface area contributed by atoms with Crippen molar-refractivity contribution >= 4 is 33.9 Å². The summed E-state index contributed by atoms with van der Waals surface area (Å²) in [6.07, 6.45) is 6.06. The van der Waals surface area contributed by atoms with Gasteiger partial charge in [0.05, 0.1) is 40.9 Å². The number of nitrogen functional groups attached to an aromatic ring is 1. The number of hydrogen-bond donors (Lipinski definition) is 2. The van der Waals surface area contributed by atoms with E-state index in [1.165, 1.54) is 11.1 Å². The third-order valence-corrected chi connectivity index (χ3v) is 7.52. The number of methoxy groups -OCH3 is 1. The monoisotopic (exact) mass is 553 g/mol. The number of rotatable bonds is 9. The number of ether oxygens (including phenoxy) is 1. The van der Waals surface area contributed by atoms with Crippen LogP contribution in [0.3, 0.4) is 0 Å². The minimum Gasteiger partial charge on any atom is -0.494 e. The van der Waals surface area contributed by atoms with Gasteiger partial charge in [0.2, 0.25) is 5.95 Å². The molecule has 6 rings (SSSR count). The Bertz CT molecular complexity index is 1720. The zero-order valence-corrected chi connectivity index (χ0v) is 24.1. The maximum Gasteiger partial charge on any atom is 0.261 e. The Morgan fingerprint density at radius 2 is 1.98 bits per heavy atom. The second-order valence-corrected chi connectivity index (χ2v) is 10.7. The van der Waals surface area contributed by atoms with Gasteiger partial charge in [0, 0.05) is 56.1 Å². The van der Waals surface area contributed by atoms with Crippen molar-refractivity contribution < 1.29 is 9.26 Å². The molecule has 0 unspecified atom stereocenters. The minimum atomic E-state index is 0.378. The lowest BCUT2D eigenvalue weighted by Gasteiger charge is -2.24. The number of nitrogens with two attached hydrogens (primary N) is 1. The molecule has 5 aromatic rings. The Labute approximate surface area is 238 Å². The van der Waals surface area contributed by atoms with Crippen molar-refractivity contribution in [3.8, 4) is 28.5 Å². The summed E-state index contributed by atoms with van der Waals surface area (Å²) >= 11 is 0. The van der Waals surface area contributed by atoms with Gasteiger partial charge < -0.3 is 34.7 Å². The number of nitrogens with one attached hydrogen (secondary N) is 1. The van der Waals surface area contributed by atoms with Crippen molar-refractivity contribution in [2.45, 2.75) is 26.3 Å². The second-order valence-electron chi connectivity index (χ2n) is 10.7. The van der Waals surface area contributed by atoms with Crippen LogP contribution in [-0.2, 0) is 13.0 Å². The van der Waals surface area contributed by atoms with Crippen molar-refractivity contribution in [2.75, 3.05) is 57.3 Å². The van der Waals surface area contributed by atoms with Crippen LogP contribution in [0.4, 0.5) is 23.0 Å². The Balaban J connectivity index is 1.42. The molecule has 0 saturated carbocycles. The average Bonchev–Trinajstić information content (AvgIpc) is 3.57. The van der Waals surface area contributed by atoms with Gasteiger partial charge in [0.25, 0.3) is 5.89 Å². The number of anilines is 4. The maximum absolute atomic E-state index is 6.51. The van der Waals surface area contributed by atoms with Crippen molar-refractivity contribution in [1.29, 1.82) is 0 Å². The van der Waals surface area contributed by atoms with Crippen molar-refractivity contribution in [2.24, 2.45) is 0 Å². The molecule has 4 heterocycles. The number of nitrogens with zero attached hydrogens (tertiary/aromatic N) is 7. The maximum atomic E-state index is 6.51. The summed E-state index contributed by atoms with van der Waals surface area (Å²) in [5.74, 6) is 1.97. The summed E-state index contributed by atoms with van der Waals surface area (Å²) in [5, 5.41) is 8.48. The average molecular weight is 554 g/mol. The molecule has 0 radical (unpaired) electrons. The van der Waals surface area contributed by atoms with Gasteiger partial charge in [-0.25, -0.2) is 9.97 Å². The summed E-state index contributed by atoms with van der Waals surface area (Å²) < 4.78 is 13.6. The molecule has 2 aromatic carbocycles. The molecule has 11 heteroatoms. The molecule has 0 bridgehead atoms. The first-order valence-electron chi connectivity index (χ1n) is 13.7. The van der Waals surface area contributed by atoms with Crippen LogP contribution < -0.4 is 20.7 Å². The molecule has 212 valence electrons. The van der Waals surface area contributed by atoms with Crippen LogP contribution in [0.25, 0.3) is 33.6 Å². The SMILES string of the molecule is COc1cc(N(C)CCN(C)C)c(N)cc1Nc1ncc(-c2nc(C)no2)c(-c2cn3c4c(cccc24)CCC3)n1. The van der Waals surface area contributed by atoms with E-state index in [-0.39, 0.29) is 0 Å². The highest BCUT2D eigenvalue weighted by molar-refractivity contribution is 6.00. The van der Waals surface area contributed by atoms with Crippen LogP contribution in [0.5, 0.6) is 5.75 Å². The number of aryl methyl sites for hydroxylation is 3. The fourth-order valence-electron chi connectivity index (χ4n) is 5.43. The van der Waals surface area contributed by atoms with E-state index in [1.807, 2.05) is 33.3 Å². The molecular weight excluding hydrogens is 518 g/mol. The van der Waals surface area contributed by atoms with E-state index in [0.29, 0.717) is 46.0 Å². The number of benzene rings is 2. The van der Waals surface area contributed by atoms with Crippen molar-refractivity contribution in [3.63, 3.8) is 0 Å². The molecule has 1 aliphatic heterocycles. The summed E-state index contributed by atoms with van der Waals surface area (Å²) in [7, 11) is 7.76. The van der Waals surface area contributed by atoms with Crippen LogP contribution in [0.1, 0.15) is 17.8 Å². The molecule has 0 atom stereocenters. The third-order valence-electron chi connectivity index (χ3n) is 7.52. The van der Waals surface area contributed by atoms with Gasteiger partial charge >= 0.3 is 0 Å². The van der Waals surface area contributed by atoms with E-state index < -0.39 is 0 Å². The van der Waals surface area contributed by atoms with E-state index in [2.05, 4.69) is 59.2 Å². The highest BCUT2D eigenvalue weighted by Gasteiger charge is 2.23. The molecule has 41 heavy (non-hydrogen) atoms. The van der Waals surface area contributed by atoms with Crippen LogP contribution in [0.15, 0.2) is 47.2 Å². The standard InChI is InChI=1S/C30H35N9O2/c1-18-33-29(41-36-18)21-16-32-30(34-24-14-23(31)25(15-26(24)40-5)38(4)13-12-37(2)3)35-27(21)22-17-39-11-7-9-19-8-6-10-20(22)28(19)39/h6,8,10,14-17H,7,9,11-13,31H2,1-5H3,(H,32,34,35). The Morgan fingerprint density at radius 1 is 1.12 bits per heavy atom. The zero-order valence-electron chi connectivity index (χ0n) is 24.1. The van der Waals surface area contributed by atoms with Crippen molar-refractivity contribution in [1.82, 2.24) is 29.6 Å². The van der Waals surface area contributed by atoms with E-state index in [9.17, 15) is 0 Å². The van der Waals surface area contributed by atoms with Gasteiger partial charge in [-0.2, -0.15) is 4.98 Å². The summed E-state index contributed by atoms with van der Waals surface area (Å²) in [5.41, 5.74) is 13.7. The zero-order chi connectivity index (χ0) is 28.7. The van der Waals surface area contributed by atoms with Gasteiger partial charge in [-0.3, -0.25) is 0 Å².